The Bertz CT molecular complexity index is 3620. The highest BCUT2D eigenvalue weighted by molar-refractivity contribution is 6.03. The number of hydrogen-bond donors (Lipinski definition) is 8. The van der Waals surface area contributed by atoms with Crippen molar-refractivity contribution >= 4 is 92.7 Å². The average Bonchev–Trinajstić information content (AvgIpc) is 0.909. The normalized spacial score (nSPS) is 22.5. The van der Waals surface area contributed by atoms with Gasteiger partial charge >= 0.3 is 0 Å². The summed E-state index contributed by atoms with van der Waals surface area (Å²) >= 11 is 0. The van der Waals surface area contributed by atoms with E-state index in [0.717, 1.165) is 19.6 Å². The van der Waals surface area contributed by atoms with Crippen LogP contribution in [-0.4, -0.2) is 231 Å². The molecule has 3 aliphatic heterocycles. The van der Waals surface area contributed by atoms with Gasteiger partial charge in [0.05, 0.1) is 37.2 Å². The number of piperidine rings is 2. The summed E-state index contributed by atoms with van der Waals surface area (Å²) in [5.74, 6) is -11.4. The maximum atomic E-state index is 14.9. The highest BCUT2D eigenvalue weighted by Crippen LogP contribution is 2.27. The first-order valence-corrected chi connectivity index (χ1v) is 30.0. The van der Waals surface area contributed by atoms with Crippen molar-refractivity contribution in [2.45, 2.75) is 88.6 Å². The maximum Gasteiger partial charge on any atom is 0.274 e. The highest BCUT2D eigenvalue weighted by atomic mass is 16.3. The molecule has 2 aromatic heterocycles. The van der Waals surface area contributed by atoms with Crippen molar-refractivity contribution in [1.82, 2.24) is 71.3 Å². The fourth-order valence-electron chi connectivity index (χ4n) is 11.4. The van der Waals surface area contributed by atoms with Crippen LogP contribution in [0.25, 0.3) is 21.8 Å². The van der Waals surface area contributed by atoms with Gasteiger partial charge in [-0.2, -0.15) is 0 Å². The average molecular weight is 1250 g/mol. The molecule has 28 nitrogen and oxygen atoms in total. The molecular weight excluding hydrogens is 1180 g/mol. The molecule has 0 radical (unpaired) electrons. The van der Waals surface area contributed by atoms with Crippen LogP contribution in [0.15, 0.2) is 91.0 Å². The van der Waals surface area contributed by atoms with E-state index in [4.69, 9.17) is 0 Å². The van der Waals surface area contributed by atoms with E-state index < -0.39 is 175 Å². The molecule has 3 fully saturated rings. The number of aromatic hydroxyl groups is 2. The number of benzene rings is 3. The van der Waals surface area contributed by atoms with Crippen LogP contribution < -0.4 is 31.9 Å². The molecule has 5 aromatic rings. The summed E-state index contributed by atoms with van der Waals surface area (Å²) < 4.78 is 0. The summed E-state index contributed by atoms with van der Waals surface area (Å²) in [6, 6.07) is 15.7. The molecular formula is C63H76N14O14. The first-order chi connectivity index (χ1) is 43.4. The fourth-order valence-corrected chi connectivity index (χ4v) is 11.4. The second-order valence-electron chi connectivity index (χ2n) is 23.2. The summed E-state index contributed by atoms with van der Waals surface area (Å²) in [6.45, 7) is -0.437. The quantitative estimate of drug-likeness (QED) is 0.110. The van der Waals surface area contributed by atoms with Gasteiger partial charge in [-0.1, -0.05) is 80.6 Å². The Kier molecular flexibility index (Phi) is 21.8. The number of aromatic nitrogens is 2. The minimum Gasteiger partial charge on any atom is -0.505 e. The van der Waals surface area contributed by atoms with Gasteiger partial charge in [0.1, 0.15) is 47.8 Å². The van der Waals surface area contributed by atoms with Crippen LogP contribution in [0.1, 0.15) is 85.0 Å². The molecule has 8 N–H and O–H groups in total. The van der Waals surface area contributed by atoms with Crippen LogP contribution in [0.3, 0.4) is 0 Å². The zero-order valence-corrected chi connectivity index (χ0v) is 51.5. The summed E-state index contributed by atoms with van der Waals surface area (Å²) in [5.41, 5.74) is 0.0893. The molecule has 12 amide bonds. The van der Waals surface area contributed by atoms with Gasteiger partial charge < -0.3 is 71.5 Å². The second kappa shape index (κ2) is 29.8. The zero-order valence-electron chi connectivity index (χ0n) is 51.5. The summed E-state index contributed by atoms with van der Waals surface area (Å²) in [6.07, 6.45) is 2.00. The van der Waals surface area contributed by atoms with Gasteiger partial charge in [0.2, 0.25) is 59.1 Å². The predicted octanol–water partition coefficient (Wildman–Crippen LogP) is -0.0687. The van der Waals surface area contributed by atoms with Crippen molar-refractivity contribution in [2.75, 3.05) is 80.5 Å². The molecule has 3 aromatic carbocycles. The SMILES string of the molecule is CC(C)[C@H]1C(=O)NC[C@@H](NC(=O)c2nc3ccccc3cc2O)C(=O)N2CCCC[C@H]2C(=O)NCC(=O)N(C)CC(=O)N(C)[C@@H](c2ccccc2)C(=O)NC[C@@H](NC(=O)c2nc3ccccc3cc2O)C(=O)N2CCCC[C@H]2C(=O)NCC(=O)N(C)CC(=O)N1C. The summed E-state index contributed by atoms with van der Waals surface area (Å²) in [7, 11) is 5.26. The van der Waals surface area contributed by atoms with Crippen molar-refractivity contribution in [3.63, 3.8) is 0 Å². The van der Waals surface area contributed by atoms with E-state index in [1.807, 2.05) is 0 Å². The maximum absolute atomic E-state index is 14.9. The van der Waals surface area contributed by atoms with E-state index in [0.29, 0.717) is 53.1 Å². The van der Waals surface area contributed by atoms with Gasteiger partial charge in [-0.15, -0.1) is 0 Å². The number of nitrogens with zero attached hydrogens (tertiary/aromatic N) is 8. The molecule has 91 heavy (non-hydrogen) atoms. The minimum atomic E-state index is -1.65. The number of fused-ring (bicyclic) bond motifs is 4. The van der Waals surface area contributed by atoms with Crippen LogP contribution in [0.2, 0.25) is 0 Å². The number of amides is 12. The van der Waals surface area contributed by atoms with Crippen molar-refractivity contribution in [1.29, 1.82) is 0 Å². The van der Waals surface area contributed by atoms with Crippen molar-refractivity contribution in [3.8, 4) is 11.5 Å². The molecule has 3 saturated heterocycles. The van der Waals surface area contributed by atoms with Crippen LogP contribution in [0.4, 0.5) is 0 Å². The number of carbonyl (C=O) groups is 12. The first-order valence-electron chi connectivity index (χ1n) is 30.0. The van der Waals surface area contributed by atoms with Crippen LogP contribution >= 0.6 is 0 Å². The number of para-hydroxylation sites is 2. The molecule has 8 rings (SSSR count). The first kappa shape index (κ1) is 66.7. The fraction of sp³-hybridized carbons (Fsp3) is 0.429. The molecule has 28 heteroatoms. The monoisotopic (exact) mass is 1250 g/mol. The summed E-state index contributed by atoms with van der Waals surface area (Å²) in [5, 5.41) is 38.7. The molecule has 6 atom stereocenters. The Balaban J connectivity index is 1.09. The van der Waals surface area contributed by atoms with E-state index in [2.05, 4.69) is 41.9 Å². The number of hydrogen-bond acceptors (Lipinski definition) is 16. The highest BCUT2D eigenvalue weighted by Gasteiger charge is 2.41. The van der Waals surface area contributed by atoms with E-state index in [1.54, 1.807) is 92.7 Å². The molecule has 0 saturated carbocycles. The lowest BCUT2D eigenvalue weighted by Crippen LogP contribution is -2.61. The van der Waals surface area contributed by atoms with Crippen LogP contribution in [0.5, 0.6) is 11.5 Å². The lowest BCUT2D eigenvalue weighted by molar-refractivity contribution is -0.146. The molecule has 0 bridgehead atoms. The van der Waals surface area contributed by atoms with Crippen molar-refractivity contribution in [2.24, 2.45) is 5.92 Å². The molecule has 0 aliphatic carbocycles. The molecule has 0 spiro atoms. The minimum absolute atomic E-state index is 0.00130. The Hall–Kier alpha value is -10.3. The Morgan fingerprint density at radius 2 is 0.934 bits per heavy atom. The van der Waals surface area contributed by atoms with Crippen molar-refractivity contribution in [3.05, 3.63) is 108 Å². The number of likely N-dealkylation sites (N-methyl/N-ethyl adjacent to an activating group) is 4. The summed E-state index contributed by atoms with van der Waals surface area (Å²) in [4.78, 5) is 186. The van der Waals surface area contributed by atoms with Crippen molar-refractivity contribution < 1.29 is 67.7 Å². The topological polar surface area (TPSA) is 363 Å². The lowest BCUT2D eigenvalue weighted by Gasteiger charge is -2.37. The Morgan fingerprint density at radius 3 is 1.38 bits per heavy atom. The Labute approximate surface area is 524 Å². The molecule has 3 aliphatic rings. The number of nitrogens with one attached hydrogen (secondary N) is 6. The Morgan fingerprint density at radius 1 is 0.516 bits per heavy atom. The van der Waals surface area contributed by atoms with Gasteiger partial charge in [-0.05, 0) is 74.3 Å². The zero-order chi connectivity index (χ0) is 65.8. The van der Waals surface area contributed by atoms with Gasteiger partial charge in [0, 0.05) is 65.1 Å². The third-order valence-electron chi connectivity index (χ3n) is 16.5. The largest absolute Gasteiger partial charge is 0.505 e. The van der Waals surface area contributed by atoms with Gasteiger partial charge in [-0.3, -0.25) is 57.5 Å². The van der Waals surface area contributed by atoms with Gasteiger partial charge in [0.25, 0.3) is 11.8 Å². The number of carbonyl (C=O) groups excluding carboxylic acids is 12. The van der Waals surface area contributed by atoms with E-state index in [9.17, 15) is 67.7 Å². The predicted molar refractivity (Wildman–Crippen MR) is 329 cm³/mol. The molecule has 0 unspecified atom stereocenters. The number of rotatable bonds is 6. The lowest BCUT2D eigenvalue weighted by atomic mass is 9.99. The second-order valence-corrected chi connectivity index (χ2v) is 23.2. The van der Waals surface area contributed by atoms with Gasteiger partial charge in [0.15, 0.2) is 11.4 Å². The molecule has 5 heterocycles. The van der Waals surface area contributed by atoms with Gasteiger partial charge in [-0.25, -0.2) is 9.97 Å². The van der Waals surface area contributed by atoms with Crippen LogP contribution in [-0.2, 0) is 47.9 Å². The third-order valence-corrected chi connectivity index (χ3v) is 16.5. The smallest absolute Gasteiger partial charge is 0.274 e. The van der Waals surface area contributed by atoms with E-state index in [1.165, 1.54) is 50.1 Å². The number of pyridine rings is 2. The standard InChI is InChI=1S/C63H76N14O14/c1-36(2)54-60(88)64-30-42(70-58(86)52-46(78)28-38-20-10-12-22-40(38)68-52)62(90)76-26-16-14-24-44(76)56(84)67-33-49(81)73(4)35-51(83)75(6)55(37-18-8-7-9-19-37)61(89)65-31-43(71-59(87)53-47(79)29-39-21-11-13-23-41(39)69-53)63(91)77-27-17-15-25-45(77)57(85)66-32-48(80)72(3)34-50(82)74(54)5/h7-13,18-23,28-29,36,42-45,54-55,78-79H,14-17,24-27,30-35H2,1-6H3,(H,64,88)(H,65,89)(H,66,85)(H,67,84)(H,70,86)(H,71,87)/t42-,43-,44+,45+,54+,55+/m1/s1. The molecule has 482 valence electrons. The van der Waals surface area contributed by atoms with Crippen LogP contribution in [0, 0.1) is 5.92 Å². The third kappa shape index (κ3) is 16.0. The van der Waals surface area contributed by atoms with E-state index >= 15 is 0 Å². The van der Waals surface area contributed by atoms with E-state index in [-0.39, 0.29) is 25.9 Å².